The first-order chi connectivity index (χ1) is 14.5. The van der Waals surface area contributed by atoms with Crippen LogP contribution in [0.3, 0.4) is 0 Å². The molecule has 158 valence electrons. The van der Waals surface area contributed by atoms with Crippen molar-refractivity contribution >= 4 is 16.9 Å². The molecule has 1 aromatic heterocycles. The Labute approximate surface area is 176 Å². The Bertz CT molecular complexity index is 1020. The molecule has 0 unspecified atom stereocenters. The third-order valence-corrected chi connectivity index (χ3v) is 5.46. The first kappa shape index (κ1) is 20.4. The zero-order valence-electron chi connectivity index (χ0n) is 17.4. The van der Waals surface area contributed by atoms with E-state index >= 15 is 0 Å². The van der Waals surface area contributed by atoms with Crippen LogP contribution in [0.2, 0.25) is 0 Å². The van der Waals surface area contributed by atoms with E-state index < -0.39 is 6.04 Å². The summed E-state index contributed by atoms with van der Waals surface area (Å²) in [6, 6.07) is 13.5. The number of hydrogen-bond acceptors (Lipinski definition) is 5. The number of rotatable bonds is 8. The van der Waals surface area contributed by atoms with E-state index in [0.717, 1.165) is 47.8 Å². The Morgan fingerprint density at radius 2 is 2.07 bits per heavy atom. The van der Waals surface area contributed by atoms with Crippen LogP contribution in [-0.4, -0.2) is 34.2 Å². The van der Waals surface area contributed by atoms with Crippen molar-refractivity contribution in [3.8, 4) is 11.5 Å². The number of aromatic nitrogens is 2. The fourth-order valence-electron chi connectivity index (χ4n) is 3.63. The second kappa shape index (κ2) is 8.85. The molecule has 0 spiro atoms. The van der Waals surface area contributed by atoms with Crippen LogP contribution in [0.4, 0.5) is 0 Å². The summed E-state index contributed by atoms with van der Waals surface area (Å²) in [6.45, 7) is 5.76. The highest BCUT2D eigenvalue weighted by Gasteiger charge is 2.21. The van der Waals surface area contributed by atoms with Gasteiger partial charge < -0.3 is 19.8 Å². The quantitative estimate of drug-likeness (QED) is 0.597. The molecule has 1 aliphatic heterocycles. The standard InChI is InChI=1S/C23H28N4O3/c1-15-5-7-17(8-6-15)30-18-9-10-20-21(12-18)27(14-19-4-3-11-29-19)22(26-20)13-25-16(2)23(24)28/h5-10,12,16,19,25H,3-4,11,13-14H2,1-2H3,(H2,24,28)/t16-,19+/m0/s1. The molecule has 0 aliphatic carbocycles. The summed E-state index contributed by atoms with van der Waals surface area (Å²) in [6.07, 6.45) is 2.27. The largest absolute Gasteiger partial charge is 0.457 e. The van der Waals surface area contributed by atoms with Gasteiger partial charge in [-0.15, -0.1) is 0 Å². The van der Waals surface area contributed by atoms with E-state index in [1.807, 2.05) is 49.4 Å². The summed E-state index contributed by atoms with van der Waals surface area (Å²) in [7, 11) is 0. The predicted octanol–water partition coefficient (Wildman–Crippen LogP) is 3.28. The maximum Gasteiger partial charge on any atom is 0.234 e. The number of amides is 1. The molecule has 1 fully saturated rings. The van der Waals surface area contributed by atoms with Crippen LogP contribution in [0.25, 0.3) is 11.0 Å². The van der Waals surface area contributed by atoms with Crippen molar-refractivity contribution in [2.75, 3.05) is 6.61 Å². The smallest absolute Gasteiger partial charge is 0.234 e. The highest BCUT2D eigenvalue weighted by molar-refractivity contribution is 5.79. The Kier molecular flexibility index (Phi) is 6.01. The highest BCUT2D eigenvalue weighted by Crippen LogP contribution is 2.28. The van der Waals surface area contributed by atoms with E-state index in [0.29, 0.717) is 13.1 Å². The van der Waals surface area contributed by atoms with Gasteiger partial charge in [0, 0.05) is 12.7 Å². The van der Waals surface area contributed by atoms with E-state index in [1.54, 1.807) is 6.92 Å². The van der Waals surface area contributed by atoms with Gasteiger partial charge in [-0.25, -0.2) is 4.98 Å². The fraction of sp³-hybridized carbons (Fsp3) is 0.391. The lowest BCUT2D eigenvalue weighted by atomic mass is 10.2. The molecule has 30 heavy (non-hydrogen) atoms. The van der Waals surface area contributed by atoms with Gasteiger partial charge >= 0.3 is 0 Å². The molecule has 4 rings (SSSR count). The molecule has 2 atom stereocenters. The van der Waals surface area contributed by atoms with Crippen LogP contribution in [-0.2, 0) is 22.6 Å². The van der Waals surface area contributed by atoms with Gasteiger partial charge in [0.05, 0.1) is 36.3 Å². The van der Waals surface area contributed by atoms with Crippen LogP contribution in [0, 0.1) is 6.92 Å². The summed E-state index contributed by atoms with van der Waals surface area (Å²) < 4.78 is 14.1. The molecule has 2 aromatic carbocycles. The first-order valence-electron chi connectivity index (χ1n) is 10.4. The van der Waals surface area contributed by atoms with Crippen molar-refractivity contribution in [2.24, 2.45) is 5.73 Å². The average Bonchev–Trinajstić information content (AvgIpc) is 3.36. The zero-order chi connectivity index (χ0) is 21.1. The molecular formula is C23H28N4O3. The van der Waals surface area contributed by atoms with Crippen LogP contribution in [0.15, 0.2) is 42.5 Å². The lowest BCUT2D eigenvalue weighted by molar-refractivity contribution is -0.119. The van der Waals surface area contributed by atoms with E-state index in [4.69, 9.17) is 20.2 Å². The highest BCUT2D eigenvalue weighted by atomic mass is 16.5. The maximum atomic E-state index is 11.4. The number of nitrogens with two attached hydrogens (primary N) is 1. The summed E-state index contributed by atoms with van der Waals surface area (Å²) in [5.41, 5.74) is 8.44. The van der Waals surface area contributed by atoms with Gasteiger partial charge in [0.2, 0.25) is 5.91 Å². The number of hydrogen-bond donors (Lipinski definition) is 2. The Morgan fingerprint density at radius 3 is 2.77 bits per heavy atom. The lowest BCUT2D eigenvalue weighted by Crippen LogP contribution is -2.38. The van der Waals surface area contributed by atoms with Gasteiger partial charge in [-0.05, 0) is 51.0 Å². The number of carbonyl (C=O) groups is 1. The summed E-state index contributed by atoms with van der Waals surface area (Å²) >= 11 is 0. The Balaban J connectivity index is 1.63. The molecule has 3 N–H and O–H groups in total. The number of imidazole rings is 1. The molecule has 7 nitrogen and oxygen atoms in total. The summed E-state index contributed by atoms with van der Waals surface area (Å²) in [5.74, 6) is 2.01. The number of carbonyl (C=O) groups excluding carboxylic acids is 1. The van der Waals surface area contributed by atoms with Crippen molar-refractivity contribution in [3.05, 3.63) is 53.9 Å². The number of primary amides is 1. The molecule has 2 heterocycles. The topological polar surface area (TPSA) is 91.4 Å². The third kappa shape index (κ3) is 4.63. The van der Waals surface area contributed by atoms with Gasteiger partial charge in [-0.2, -0.15) is 0 Å². The van der Waals surface area contributed by atoms with Gasteiger partial charge in [0.1, 0.15) is 17.3 Å². The van der Waals surface area contributed by atoms with Crippen molar-refractivity contribution in [2.45, 2.75) is 51.9 Å². The molecule has 1 saturated heterocycles. The van der Waals surface area contributed by atoms with Gasteiger partial charge in [-0.1, -0.05) is 17.7 Å². The molecule has 7 heteroatoms. The number of aryl methyl sites for hydroxylation is 1. The number of fused-ring (bicyclic) bond motifs is 1. The van der Waals surface area contributed by atoms with Crippen molar-refractivity contribution < 1.29 is 14.3 Å². The molecule has 1 amide bonds. The minimum Gasteiger partial charge on any atom is -0.457 e. The number of nitrogens with one attached hydrogen (secondary N) is 1. The molecule has 1 aliphatic rings. The second-order valence-corrected chi connectivity index (χ2v) is 7.84. The van der Waals surface area contributed by atoms with Gasteiger partial charge in [-0.3, -0.25) is 10.1 Å². The van der Waals surface area contributed by atoms with Crippen LogP contribution < -0.4 is 15.8 Å². The van der Waals surface area contributed by atoms with E-state index in [9.17, 15) is 4.79 Å². The Morgan fingerprint density at radius 1 is 1.30 bits per heavy atom. The molecule has 0 bridgehead atoms. The monoisotopic (exact) mass is 408 g/mol. The van der Waals surface area contributed by atoms with Gasteiger partial charge in [0.25, 0.3) is 0 Å². The Hall–Kier alpha value is -2.90. The van der Waals surface area contributed by atoms with Crippen molar-refractivity contribution in [1.82, 2.24) is 14.9 Å². The van der Waals surface area contributed by atoms with Crippen molar-refractivity contribution in [1.29, 1.82) is 0 Å². The molecule has 0 radical (unpaired) electrons. The van der Waals surface area contributed by atoms with E-state index in [1.165, 1.54) is 5.56 Å². The van der Waals surface area contributed by atoms with Crippen LogP contribution in [0.1, 0.15) is 31.2 Å². The molecule has 3 aromatic rings. The normalized spacial score (nSPS) is 17.3. The van der Waals surface area contributed by atoms with E-state index in [2.05, 4.69) is 9.88 Å². The average molecular weight is 409 g/mol. The first-order valence-corrected chi connectivity index (χ1v) is 10.4. The predicted molar refractivity (Wildman–Crippen MR) is 115 cm³/mol. The fourth-order valence-corrected chi connectivity index (χ4v) is 3.63. The van der Waals surface area contributed by atoms with Crippen LogP contribution >= 0.6 is 0 Å². The minimum absolute atomic E-state index is 0.163. The summed E-state index contributed by atoms with van der Waals surface area (Å²) in [4.78, 5) is 16.2. The van der Waals surface area contributed by atoms with Gasteiger partial charge in [0.15, 0.2) is 0 Å². The maximum absolute atomic E-state index is 11.4. The van der Waals surface area contributed by atoms with E-state index in [-0.39, 0.29) is 12.0 Å². The van der Waals surface area contributed by atoms with Crippen molar-refractivity contribution in [3.63, 3.8) is 0 Å². The molecule has 0 saturated carbocycles. The summed E-state index contributed by atoms with van der Waals surface area (Å²) in [5, 5.41) is 3.15. The zero-order valence-corrected chi connectivity index (χ0v) is 17.4. The third-order valence-electron chi connectivity index (χ3n) is 5.46. The SMILES string of the molecule is Cc1ccc(Oc2ccc3nc(CN[C@@H](C)C(N)=O)n(C[C@H]4CCCO4)c3c2)cc1. The number of ether oxygens (including phenoxy) is 2. The number of benzene rings is 2. The lowest BCUT2D eigenvalue weighted by Gasteiger charge is -2.16. The second-order valence-electron chi connectivity index (χ2n) is 7.84. The van der Waals surface area contributed by atoms with Crippen LogP contribution in [0.5, 0.6) is 11.5 Å². The minimum atomic E-state index is -0.429. The number of nitrogens with zero attached hydrogens (tertiary/aromatic N) is 2. The molecular weight excluding hydrogens is 380 g/mol.